The number of hydrogen-bond acceptors (Lipinski definition) is 5. The summed E-state index contributed by atoms with van der Waals surface area (Å²) in [5, 5.41) is 3.64. The highest BCUT2D eigenvalue weighted by molar-refractivity contribution is 7.89. The van der Waals surface area contributed by atoms with E-state index < -0.39 is 9.84 Å². The Balaban J connectivity index is 1.76. The Hall–Kier alpha value is -1.66. The van der Waals surface area contributed by atoms with Gasteiger partial charge in [0.1, 0.15) is 11.6 Å². The second kappa shape index (κ2) is 7.07. The summed E-state index contributed by atoms with van der Waals surface area (Å²) in [7, 11) is -3.11. The molecule has 1 fully saturated rings. The molecule has 0 unspecified atom stereocenters. The molecule has 7 heteroatoms. The smallest absolute Gasteiger partial charge is 0.151 e. The fraction of sp³-hybridized carbons (Fsp3) is 0.412. The molecule has 1 aromatic heterocycles. The minimum absolute atomic E-state index is 0.0640. The average molecular weight is 366 g/mol. The van der Waals surface area contributed by atoms with Crippen LogP contribution in [0.5, 0.6) is 0 Å². The molecular weight excluding hydrogens is 346 g/mol. The van der Waals surface area contributed by atoms with Crippen molar-refractivity contribution in [2.45, 2.75) is 37.4 Å². The fourth-order valence-corrected chi connectivity index (χ4v) is 4.14. The first kappa shape index (κ1) is 17.2. The minimum Gasteiger partial charge on any atom is -0.340 e. The van der Waals surface area contributed by atoms with Gasteiger partial charge >= 0.3 is 0 Å². The third-order valence-corrected chi connectivity index (χ3v) is 5.32. The molecule has 0 bridgehead atoms. The number of benzene rings is 1. The Kier molecular flexibility index (Phi) is 5.06. The largest absolute Gasteiger partial charge is 0.340 e. The van der Waals surface area contributed by atoms with E-state index in [0.717, 1.165) is 30.2 Å². The zero-order chi connectivity index (χ0) is 17.2. The van der Waals surface area contributed by atoms with E-state index >= 15 is 0 Å². The van der Waals surface area contributed by atoms with Crippen LogP contribution in [0, 0.1) is 0 Å². The summed E-state index contributed by atoms with van der Waals surface area (Å²) in [6.07, 6.45) is 7.74. The SMILES string of the molecule is CS(=O)(=O)Cc1ccc(Nc2ccnc(C3CCCC3)n2)cc1Cl. The van der Waals surface area contributed by atoms with Crippen LogP contribution in [0.1, 0.15) is 43.0 Å². The molecule has 3 rings (SSSR count). The summed E-state index contributed by atoms with van der Waals surface area (Å²) in [4.78, 5) is 8.99. The van der Waals surface area contributed by atoms with Crippen molar-refractivity contribution in [3.63, 3.8) is 0 Å². The van der Waals surface area contributed by atoms with Gasteiger partial charge in [0.05, 0.1) is 5.75 Å². The van der Waals surface area contributed by atoms with Crippen LogP contribution in [0.3, 0.4) is 0 Å². The first-order valence-electron chi connectivity index (χ1n) is 7.97. The van der Waals surface area contributed by atoms with Crippen LogP contribution < -0.4 is 5.32 Å². The van der Waals surface area contributed by atoms with Crippen LogP contribution in [0.2, 0.25) is 5.02 Å². The van der Waals surface area contributed by atoms with Crippen molar-refractivity contribution >= 4 is 32.9 Å². The minimum atomic E-state index is -3.11. The maximum atomic E-state index is 11.4. The van der Waals surface area contributed by atoms with Crippen molar-refractivity contribution in [1.82, 2.24) is 9.97 Å². The predicted octanol–water partition coefficient (Wildman–Crippen LogP) is 4.08. The fourth-order valence-electron chi connectivity index (χ4n) is 3.00. The highest BCUT2D eigenvalue weighted by Gasteiger charge is 2.19. The number of hydrogen-bond donors (Lipinski definition) is 1. The van der Waals surface area contributed by atoms with Crippen molar-refractivity contribution in [2.24, 2.45) is 0 Å². The van der Waals surface area contributed by atoms with Gasteiger partial charge in [0, 0.05) is 29.1 Å². The van der Waals surface area contributed by atoms with Gasteiger partial charge < -0.3 is 5.32 Å². The van der Waals surface area contributed by atoms with Crippen molar-refractivity contribution in [3.05, 3.63) is 46.9 Å². The molecule has 1 aliphatic rings. The Bertz CT molecular complexity index is 833. The molecule has 24 heavy (non-hydrogen) atoms. The van der Waals surface area contributed by atoms with E-state index in [1.54, 1.807) is 18.3 Å². The van der Waals surface area contributed by atoms with E-state index in [4.69, 9.17) is 11.6 Å². The van der Waals surface area contributed by atoms with Crippen molar-refractivity contribution in [3.8, 4) is 0 Å². The van der Waals surface area contributed by atoms with Gasteiger partial charge in [0.2, 0.25) is 0 Å². The molecule has 128 valence electrons. The van der Waals surface area contributed by atoms with Crippen LogP contribution in [0.4, 0.5) is 11.5 Å². The molecule has 0 atom stereocenters. The van der Waals surface area contributed by atoms with Gasteiger partial charge in [-0.3, -0.25) is 0 Å². The van der Waals surface area contributed by atoms with E-state index in [9.17, 15) is 8.42 Å². The zero-order valence-corrected chi connectivity index (χ0v) is 15.1. The molecule has 1 saturated carbocycles. The average Bonchev–Trinajstić information content (AvgIpc) is 3.04. The van der Waals surface area contributed by atoms with Crippen LogP contribution in [-0.2, 0) is 15.6 Å². The van der Waals surface area contributed by atoms with Crippen molar-refractivity contribution in [1.29, 1.82) is 0 Å². The van der Waals surface area contributed by atoms with E-state index in [1.807, 2.05) is 12.1 Å². The molecule has 5 nitrogen and oxygen atoms in total. The Morgan fingerprint density at radius 2 is 2.00 bits per heavy atom. The first-order chi connectivity index (χ1) is 11.4. The summed E-state index contributed by atoms with van der Waals surface area (Å²) in [5.74, 6) is 1.99. The van der Waals surface area contributed by atoms with Crippen molar-refractivity contribution < 1.29 is 8.42 Å². The normalized spacial score (nSPS) is 15.6. The summed E-state index contributed by atoms with van der Waals surface area (Å²) >= 11 is 6.20. The Labute approximate surface area is 147 Å². The maximum Gasteiger partial charge on any atom is 0.151 e. The number of nitrogens with one attached hydrogen (secondary N) is 1. The third kappa shape index (κ3) is 4.45. The standard InChI is InChI=1S/C17H20ClN3O2S/c1-24(22,23)11-13-6-7-14(10-15(13)18)20-16-8-9-19-17(21-16)12-4-2-3-5-12/h6-10,12H,2-5,11H2,1H3,(H,19,20,21). The van der Waals surface area contributed by atoms with Gasteiger partial charge in [-0.1, -0.05) is 30.5 Å². The lowest BCUT2D eigenvalue weighted by molar-refractivity contribution is 0.601. The van der Waals surface area contributed by atoms with E-state index in [1.165, 1.54) is 19.1 Å². The maximum absolute atomic E-state index is 11.4. The second-order valence-electron chi connectivity index (χ2n) is 6.28. The quantitative estimate of drug-likeness (QED) is 0.864. The molecule has 0 amide bonds. The zero-order valence-electron chi connectivity index (χ0n) is 13.5. The summed E-state index contributed by atoms with van der Waals surface area (Å²) in [5.41, 5.74) is 1.37. The molecule has 2 aromatic rings. The summed E-state index contributed by atoms with van der Waals surface area (Å²) < 4.78 is 22.8. The number of rotatable bonds is 5. The van der Waals surface area contributed by atoms with Gasteiger partial charge in [0.15, 0.2) is 9.84 Å². The van der Waals surface area contributed by atoms with E-state index in [-0.39, 0.29) is 5.75 Å². The van der Waals surface area contributed by atoms with Crippen LogP contribution >= 0.6 is 11.6 Å². The molecule has 0 spiro atoms. The topological polar surface area (TPSA) is 72.0 Å². The molecule has 1 aliphatic carbocycles. The molecule has 1 N–H and O–H groups in total. The van der Waals surface area contributed by atoms with E-state index in [2.05, 4.69) is 15.3 Å². The van der Waals surface area contributed by atoms with Gasteiger partial charge in [-0.05, 0) is 36.6 Å². The molecule has 0 saturated heterocycles. The second-order valence-corrected chi connectivity index (χ2v) is 8.83. The summed E-state index contributed by atoms with van der Waals surface area (Å²) in [6, 6.07) is 7.07. The van der Waals surface area contributed by atoms with Crippen LogP contribution in [-0.4, -0.2) is 24.6 Å². The lowest BCUT2D eigenvalue weighted by Crippen LogP contribution is -2.04. The number of sulfone groups is 1. The number of aromatic nitrogens is 2. The van der Waals surface area contributed by atoms with Gasteiger partial charge in [0.25, 0.3) is 0 Å². The molecule has 1 aromatic carbocycles. The molecular formula is C17H20ClN3O2S. The van der Waals surface area contributed by atoms with Gasteiger partial charge in [-0.2, -0.15) is 0 Å². The predicted molar refractivity (Wildman–Crippen MR) is 96.5 cm³/mol. The lowest BCUT2D eigenvalue weighted by Gasteiger charge is -2.11. The van der Waals surface area contributed by atoms with Crippen LogP contribution in [0.15, 0.2) is 30.5 Å². The highest BCUT2D eigenvalue weighted by Crippen LogP contribution is 2.32. The first-order valence-corrected chi connectivity index (χ1v) is 10.4. The monoisotopic (exact) mass is 365 g/mol. The number of nitrogens with zero attached hydrogens (tertiary/aromatic N) is 2. The molecule has 1 heterocycles. The van der Waals surface area contributed by atoms with Gasteiger partial charge in [-0.25, -0.2) is 18.4 Å². The highest BCUT2D eigenvalue weighted by atomic mass is 35.5. The van der Waals surface area contributed by atoms with E-state index in [0.29, 0.717) is 16.5 Å². The number of halogens is 1. The van der Waals surface area contributed by atoms with Crippen molar-refractivity contribution in [2.75, 3.05) is 11.6 Å². The van der Waals surface area contributed by atoms with Crippen LogP contribution in [0.25, 0.3) is 0 Å². The summed E-state index contributed by atoms with van der Waals surface area (Å²) in [6.45, 7) is 0. The molecule has 0 radical (unpaired) electrons. The third-order valence-electron chi connectivity index (χ3n) is 4.14. The molecule has 0 aliphatic heterocycles. The number of anilines is 2. The Morgan fingerprint density at radius 3 is 2.67 bits per heavy atom. The Morgan fingerprint density at radius 1 is 1.25 bits per heavy atom. The van der Waals surface area contributed by atoms with Gasteiger partial charge in [-0.15, -0.1) is 0 Å². The lowest BCUT2D eigenvalue weighted by atomic mass is 10.1.